The van der Waals surface area contributed by atoms with E-state index in [2.05, 4.69) is 0 Å². The predicted octanol–water partition coefficient (Wildman–Crippen LogP) is 4.88. The first-order chi connectivity index (χ1) is 15.3. The zero-order chi connectivity index (χ0) is 22.9. The third kappa shape index (κ3) is 3.94. The lowest BCUT2D eigenvalue weighted by Crippen LogP contribution is -2.30. The van der Waals surface area contributed by atoms with Crippen molar-refractivity contribution in [3.63, 3.8) is 0 Å². The van der Waals surface area contributed by atoms with Crippen LogP contribution < -0.4 is 0 Å². The van der Waals surface area contributed by atoms with E-state index in [1.807, 2.05) is 62.4 Å². The zero-order valence-corrected chi connectivity index (χ0v) is 18.8. The fourth-order valence-electron chi connectivity index (χ4n) is 3.95. The van der Waals surface area contributed by atoms with Crippen molar-refractivity contribution in [1.82, 2.24) is 4.90 Å². The van der Waals surface area contributed by atoms with Crippen LogP contribution in [0.15, 0.2) is 94.4 Å². The van der Waals surface area contributed by atoms with E-state index in [-0.39, 0.29) is 16.3 Å². The maximum Gasteiger partial charge on any atom is 0.290 e. The summed E-state index contributed by atoms with van der Waals surface area (Å²) in [4.78, 5) is 14.3. The lowest BCUT2D eigenvalue weighted by atomic mass is 10.0. The number of benzene rings is 3. The summed E-state index contributed by atoms with van der Waals surface area (Å²) in [7, 11) is -4.10. The Labute approximate surface area is 188 Å². The Morgan fingerprint density at radius 2 is 1.47 bits per heavy atom. The molecule has 4 rings (SSSR count). The van der Waals surface area contributed by atoms with Crippen molar-refractivity contribution in [2.45, 2.75) is 37.8 Å². The topological polar surface area (TPSA) is 74.7 Å². The molecule has 3 aromatic carbocycles. The van der Waals surface area contributed by atoms with Crippen LogP contribution in [0.1, 0.15) is 35.2 Å². The molecular weight excluding hydrogens is 422 g/mol. The van der Waals surface area contributed by atoms with Crippen LogP contribution in [-0.4, -0.2) is 24.3 Å². The molecule has 0 radical (unpaired) electrons. The van der Waals surface area contributed by atoms with E-state index in [1.165, 1.54) is 17.0 Å². The Morgan fingerprint density at radius 1 is 0.875 bits per heavy atom. The Kier molecular flexibility index (Phi) is 5.89. The van der Waals surface area contributed by atoms with Crippen molar-refractivity contribution >= 4 is 15.7 Å². The molecule has 164 valence electrons. The molecule has 5 nitrogen and oxygen atoms in total. The van der Waals surface area contributed by atoms with Gasteiger partial charge in [0.25, 0.3) is 5.91 Å². The molecule has 6 heteroatoms. The number of carbonyl (C=O) groups excluding carboxylic acids is 1. The lowest BCUT2D eigenvalue weighted by molar-refractivity contribution is -0.130. The summed E-state index contributed by atoms with van der Waals surface area (Å²) in [5.41, 5.74) is 3.68. The number of aliphatic hydroxyl groups is 1. The van der Waals surface area contributed by atoms with Gasteiger partial charge in [0, 0.05) is 6.54 Å². The molecule has 0 spiro atoms. The Morgan fingerprint density at radius 3 is 2.06 bits per heavy atom. The molecule has 1 heterocycles. The average molecular weight is 448 g/mol. The van der Waals surface area contributed by atoms with E-state index in [0.717, 1.165) is 23.1 Å². The van der Waals surface area contributed by atoms with Crippen LogP contribution in [-0.2, 0) is 27.6 Å². The summed E-state index contributed by atoms with van der Waals surface area (Å²) in [5.74, 6) is -1.41. The minimum absolute atomic E-state index is 0.0433. The van der Waals surface area contributed by atoms with E-state index in [0.29, 0.717) is 5.56 Å². The first kappa shape index (κ1) is 21.8. The number of nitrogens with zero attached hydrogens (tertiary/aromatic N) is 1. The molecule has 0 fully saturated rings. The van der Waals surface area contributed by atoms with Crippen molar-refractivity contribution < 1.29 is 18.3 Å². The van der Waals surface area contributed by atoms with Crippen LogP contribution in [0.2, 0.25) is 0 Å². The van der Waals surface area contributed by atoms with Gasteiger partial charge in [0.05, 0.1) is 10.9 Å². The SMILES string of the molecule is CCc1ccc(C2C(S(=O)(=O)c3ccccc3)=C(O)C(=O)N2Cc2ccc(C)cc2)cc1. The normalized spacial score (nSPS) is 16.6. The minimum Gasteiger partial charge on any atom is -0.502 e. The van der Waals surface area contributed by atoms with Gasteiger partial charge in [0.1, 0.15) is 4.91 Å². The van der Waals surface area contributed by atoms with Gasteiger partial charge >= 0.3 is 0 Å². The molecule has 1 N–H and O–H groups in total. The van der Waals surface area contributed by atoms with Crippen LogP contribution in [0.5, 0.6) is 0 Å². The van der Waals surface area contributed by atoms with Crippen LogP contribution in [0, 0.1) is 6.92 Å². The van der Waals surface area contributed by atoms with Crippen molar-refractivity contribution in [3.8, 4) is 0 Å². The van der Waals surface area contributed by atoms with Gasteiger partial charge in [-0.2, -0.15) is 0 Å². The van der Waals surface area contributed by atoms with Gasteiger partial charge in [-0.25, -0.2) is 8.42 Å². The Hall–Kier alpha value is -3.38. The van der Waals surface area contributed by atoms with Crippen molar-refractivity contribution in [1.29, 1.82) is 0 Å². The molecule has 0 aliphatic carbocycles. The molecule has 1 aliphatic rings. The van der Waals surface area contributed by atoms with Gasteiger partial charge in [-0.05, 0) is 42.2 Å². The van der Waals surface area contributed by atoms with Gasteiger partial charge in [0.2, 0.25) is 9.84 Å². The molecule has 0 saturated carbocycles. The fraction of sp³-hybridized carbons (Fsp3) is 0.192. The standard InChI is InChI=1S/C26H25NO4S/c1-3-19-13-15-21(16-14-19)23-25(32(30,31)22-7-5-4-6-8-22)24(28)26(29)27(23)17-20-11-9-18(2)10-12-20/h4-16,23,28H,3,17H2,1-2H3. The number of sulfone groups is 1. The summed E-state index contributed by atoms with van der Waals surface area (Å²) in [5, 5.41) is 10.8. The largest absolute Gasteiger partial charge is 0.502 e. The molecule has 3 aromatic rings. The van der Waals surface area contributed by atoms with Gasteiger partial charge < -0.3 is 10.0 Å². The first-order valence-corrected chi connectivity index (χ1v) is 12.0. The monoisotopic (exact) mass is 447 g/mol. The lowest BCUT2D eigenvalue weighted by Gasteiger charge is -2.27. The summed E-state index contributed by atoms with van der Waals surface area (Å²) >= 11 is 0. The number of rotatable bonds is 6. The number of hydrogen-bond acceptors (Lipinski definition) is 4. The van der Waals surface area contributed by atoms with Crippen LogP contribution >= 0.6 is 0 Å². The van der Waals surface area contributed by atoms with Gasteiger partial charge in [0.15, 0.2) is 5.76 Å². The highest BCUT2D eigenvalue weighted by Crippen LogP contribution is 2.43. The molecule has 1 atom stereocenters. The molecule has 32 heavy (non-hydrogen) atoms. The van der Waals surface area contributed by atoms with E-state index in [9.17, 15) is 18.3 Å². The van der Waals surface area contributed by atoms with Crippen LogP contribution in [0.4, 0.5) is 0 Å². The smallest absolute Gasteiger partial charge is 0.290 e. The number of aryl methyl sites for hydroxylation is 2. The maximum absolute atomic E-state index is 13.5. The zero-order valence-electron chi connectivity index (χ0n) is 18.0. The van der Waals surface area contributed by atoms with Gasteiger partial charge in [-0.3, -0.25) is 4.79 Å². The molecule has 0 saturated heterocycles. The molecule has 1 aliphatic heterocycles. The van der Waals surface area contributed by atoms with Crippen molar-refractivity contribution in [2.75, 3.05) is 0 Å². The average Bonchev–Trinajstić information content (AvgIpc) is 3.06. The maximum atomic E-state index is 13.5. The minimum atomic E-state index is -4.10. The second-order valence-corrected chi connectivity index (χ2v) is 9.86. The molecule has 0 aromatic heterocycles. The molecule has 1 amide bonds. The predicted molar refractivity (Wildman–Crippen MR) is 124 cm³/mol. The number of hydrogen-bond donors (Lipinski definition) is 1. The summed E-state index contributed by atoms with van der Waals surface area (Å²) < 4.78 is 27.1. The fourth-order valence-corrected chi connectivity index (χ4v) is 5.62. The highest BCUT2D eigenvalue weighted by Gasteiger charge is 2.46. The highest BCUT2D eigenvalue weighted by atomic mass is 32.2. The van der Waals surface area contributed by atoms with Crippen LogP contribution in [0.3, 0.4) is 0 Å². The second-order valence-electron chi connectivity index (χ2n) is 7.95. The summed E-state index contributed by atoms with van der Waals surface area (Å²) in [6, 6.07) is 22.2. The van der Waals surface area contributed by atoms with E-state index in [1.54, 1.807) is 18.2 Å². The first-order valence-electron chi connectivity index (χ1n) is 10.5. The number of amides is 1. The van der Waals surface area contributed by atoms with E-state index >= 15 is 0 Å². The quantitative estimate of drug-likeness (QED) is 0.584. The van der Waals surface area contributed by atoms with E-state index < -0.39 is 27.5 Å². The third-order valence-corrected chi connectivity index (χ3v) is 7.67. The van der Waals surface area contributed by atoms with Crippen molar-refractivity contribution in [3.05, 3.63) is 112 Å². The highest BCUT2D eigenvalue weighted by molar-refractivity contribution is 7.95. The number of carbonyl (C=O) groups is 1. The third-order valence-electron chi connectivity index (χ3n) is 5.78. The van der Waals surface area contributed by atoms with Gasteiger partial charge in [-0.15, -0.1) is 0 Å². The molecular formula is C26H25NO4S. The Balaban J connectivity index is 1.84. The van der Waals surface area contributed by atoms with E-state index in [4.69, 9.17) is 0 Å². The molecule has 1 unspecified atom stereocenters. The van der Waals surface area contributed by atoms with Gasteiger partial charge in [-0.1, -0.05) is 79.2 Å². The summed E-state index contributed by atoms with van der Waals surface area (Å²) in [6.07, 6.45) is 0.840. The summed E-state index contributed by atoms with van der Waals surface area (Å²) in [6.45, 7) is 4.19. The van der Waals surface area contributed by atoms with Crippen LogP contribution in [0.25, 0.3) is 0 Å². The Bertz CT molecular complexity index is 1260. The van der Waals surface area contributed by atoms with Crippen molar-refractivity contribution in [2.24, 2.45) is 0 Å². The number of aliphatic hydroxyl groups excluding tert-OH is 1. The second kappa shape index (κ2) is 8.63. The molecule has 0 bridgehead atoms.